The number of nitrogens with zero attached hydrogens (tertiary/aromatic N) is 2. The normalized spacial score (nSPS) is 16.6. The quantitative estimate of drug-likeness (QED) is 0.324. The van der Waals surface area contributed by atoms with Crippen LogP contribution in [0.5, 0.6) is 0 Å². The summed E-state index contributed by atoms with van der Waals surface area (Å²) >= 11 is 6.02. The van der Waals surface area contributed by atoms with Crippen molar-refractivity contribution in [2.45, 2.75) is 57.9 Å². The molecule has 5 heteroatoms. The smallest absolute Gasteiger partial charge is 0.223 e. The van der Waals surface area contributed by atoms with Gasteiger partial charge >= 0.3 is 0 Å². The lowest BCUT2D eigenvalue weighted by Gasteiger charge is -2.32. The summed E-state index contributed by atoms with van der Waals surface area (Å²) < 4.78 is 0. The van der Waals surface area contributed by atoms with E-state index in [2.05, 4.69) is 60.4 Å². The highest BCUT2D eigenvalue weighted by molar-refractivity contribution is 6.30. The van der Waals surface area contributed by atoms with E-state index in [0.29, 0.717) is 5.92 Å². The maximum absolute atomic E-state index is 13.0. The van der Waals surface area contributed by atoms with Gasteiger partial charge in [-0.25, -0.2) is 0 Å². The fraction of sp³-hybridized carbons (Fsp3) is 0.394. The minimum Gasteiger partial charge on any atom is -0.343 e. The number of benzene rings is 3. The van der Waals surface area contributed by atoms with E-state index in [0.717, 1.165) is 69.0 Å². The number of likely N-dealkylation sites (tertiary alicyclic amines) is 1. The number of piperidine rings is 1. The number of hydrogen-bond acceptors (Lipinski definition) is 3. The lowest BCUT2D eigenvalue weighted by molar-refractivity contribution is -0.132. The third kappa shape index (κ3) is 6.73. The monoisotopic (exact) mass is 528 g/mol. The largest absolute Gasteiger partial charge is 0.343 e. The van der Waals surface area contributed by atoms with E-state index < -0.39 is 0 Å². The van der Waals surface area contributed by atoms with Gasteiger partial charge in [-0.15, -0.1) is 0 Å². The minimum absolute atomic E-state index is 0.0676. The fourth-order valence-electron chi connectivity index (χ4n) is 5.77. The van der Waals surface area contributed by atoms with E-state index in [4.69, 9.17) is 11.6 Å². The van der Waals surface area contributed by atoms with Crippen molar-refractivity contribution in [3.8, 4) is 0 Å². The third-order valence-corrected chi connectivity index (χ3v) is 8.46. The molecule has 0 saturated carbocycles. The highest BCUT2D eigenvalue weighted by Crippen LogP contribution is 2.29. The van der Waals surface area contributed by atoms with Crippen LogP contribution in [0.25, 0.3) is 0 Å². The first-order valence-electron chi connectivity index (χ1n) is 13.9. The molecule has 3 aromatic carbocycles. The van der Waals surface area contributed by atoms with Crippen molar-refractivity contribution in [3.05, 3.63) is 105 Å². The molecule has 2 aliphatic heterocycles. The Kier molecular flexibility index (Phi) is 8.61. The molecule has 0 bridgehead atoms. The summed E-state index contributed by atoms with van der Waals surface area (Å²) in [4.78, 5) is 30.3. The van der Waals surface area contributed by atoms with Crippen molar-refractivity contribution < 1.29 is 9.59 Å². The molecule has 198 valence electrons. The van der Waals surface area contributed by atoms with Crippen LogP contribution in [0.4, 0.5) is 0 Å². The van der Waals surface area contributed by atoms with Gasteiger partial charge in [-0.05, 0) is 79.0 Å². The standard InChI is InChI=1S/C33H37ClN2O2/c1-24-2-4-25(5-3-24)23-35-18-14-27-6-7-30(22-29(27)15-19-35)32(37)12-13-33(38)36-20-16-28(17-21-36)26-8-10-31(34)11-9-26/h2-11,22,28H,12-21,23H2,1H3. The lowest BCUT2D eigenvalue weighted by Crippen LogP contribution is -2.38. The molecule has 5 rings (SSSR count). The second-order valence-electron chi connectivity index (χ2n) is 10.9. The zero-order valence-electron chi connectivity index (χ0n) is 22.3. The van der Waals surface area contributed by atoms with E-state index in [1.165, 1.54) is 27.8 Å². The minimum atomic E-state index is 0.0676. The van der Waals surface area contributed by atoms with Gasteiger partial charge in [-0.2, -0.15) is 0 Å². The first-order chi connectivity index (χ1) is 18.4. The van der Waals surface area contributed by atoms with Crippen LogP contribution >= 0.6 is 11.6 Å². The van der Waals surface area contributed by atoms with Gasteiger partial charge < -0.3 is 4.90 Å². The molecule has 1 amide bonds. The van der Waals surface area contributed by atoms with Crippen LogP contribution in [0.15, 0.2) is 66.7 Å². The first kappa shape index (κ1) is 26.6. The summed E-state index contributed by atoms with van der Waals surface area (Å²) in [5.74, 6) is 0.623. The summed E-state index contributed by atoms with van der Waals surface area (Å²) in [6, 6.07) is 23.0. The first-order valence-corrected chi connectivity index (χ1v) is 14.3. The van der Waals surface area contributed by atoms with Gasteiger partial charge in [0.25, 0.3) is 0 Å². The molecule has 0 N–H and O–H groups in total. The van der Waals surface area contributed by atoms with Gasteiger partial charge in [-0.1, -0.05) is 65.7 Å². The van der Waals surface area contributed by atoms with E-state index in [1.807, 2.05) is 23.1 Å². The SMILES string of the molecule is Cc1ccc(CN2CCc3ccc(C(=O)CCC(=O)N4CCC(c5ccc(Cl)cc5)CC4)cc3CC2)cc1. The average molecular weight is 529 g/mol. The van der Waals surface area contributed by atoms with Crippen molar-refractivity contribution >= 4 is 23.3 Å². The number of aryl methyl sites for hydroxylation is 1. The van der Waals surface area contributed by atoms with Gasteiger partial charge in [0.15, 0.2) is 5.78 Å². The fourth-order valence-corrected chi connectivity index (χ4v) is 5.90. The van der Waals surface area contributed by atoms with Crippen LogP contribution in [0.2, 0.25) is 5.02 Å². The molecule has 0 radical (unpaired) electrons. The Labute approximate surface area is 231 Å². The van der Waals surface area contributed by atoms with Crippen LogP contribution in [0.1, 0.15) is 69.8 Å². The molecule has 2 aliphatic rings. The summed E-state index contributed by atoms with van der Waals surface area (Å²) in [5.41, 5.74) is 7.28. The Morgan fingerprint density at radius 2 is 1.50 bits per heavy atom. The van der Waals surface area contributed by atoms with Gasteiger partial charge in [0.05, 0.1) is 0 Å². The highest BCUT2D eigenvalue weighted by Gasteiger charge is 2.24. The van der Waals surface area contributed by atoms with Crippen molar-refractivity contribution in [1.82, 2.24) is 9.80 Å². The number of Topliss-reactive ketones (excluding diaryl/α,β-unsaturated/α-hetero) is 1. The van der Waals surface area contributed by atoms with E-state index >= 15 is 0 Å². The number of halogens is 1. The number of hydrogen-bond donors (Lipinski definition) is 0. The maximum Gasteiger partial charge on any atom is 0.223 e. The molecule has 0 aromatic heterocycles. The molecule has 0 spiro atoms. The molecular formula is C33H37ClN2O2. The Balaban J connectivity index is 1.10. The summed E-state index contributed by atoms with van der Waals surface area (Å²) in [6.07, 6.45) is 4.41. The molecule has 3 aromatic rings. The zero-order chi connectivity index (χ0) is 26.5. The van der Waals surface area contributed by atoms with Crippen LogP contribution < -0.4 is 0 Å². The second kappa shape index (κ2) is 12.3. The number of carbonyl (C=O) groups excluding carboxylic acids is 2. The van der Waals surface area contributed by atoms with E-state index in [1.54, 1.807) is 0 Å². The Hall–Kier alpha value is -2.95. The summed E-state index contributed by atoms with van der Waals surface area (Å²) in [5, 5.41) is 0.751. The molecule has 1 saturated heterocycles. The topological polar surface area (TPSA) is 40.6 Å². The molecule has 0 atom stereocenters. The Morgan fingerprint density at radius 1 is 0.816 bits per heavy atom. The predicted molar refractivity (Wildman–Crippen MR) is 154 cm³/mol. The number of fused-ring (bicyclic) bond motifs is 1. The van der Waals surface area contributed by atoms with Crippen LogP contribution in [-0.4, -0.2) is 47.7 Å². The molecule has 0 aliphatic carbocycles. The Bertz CT molecular complexity index is 1260. The van der Waals surface area contributed by atoms with Crippen LogP contribution in [0, 0.1) is 6.92 Å². The van der Waals surface area contributed by atoms with E-state index in [9.17, 15) is 9.59 Å². The zero-order valence-corrected chi connectivity index (χ0v) is 23.1. The van der Waals surface area contributed by atoms with Crippen molar-refractivity contribution in [1.29, 1.82) is 0 Å². The number of rotatable bonds is 7. The van der Waals surface area contributed by atoms with Crippen molar-refractivity contribution in [2.75, 3.05) is 26.2 Å². The Morgan fingerprint density at radius 3 is 2.21 bits per heavy atom. The average Bonchev–Trinajstić information content (AvgIpc) is 3.15. The van der Waals surface area contributed by atoms with Gasteiger partial charge in [0, 0.05) is 56.2 Å². The molecular weight excluding hydrogens is 492 g/mol. The van der Waals surface area contributed by atoms with Crippen LogP contribution in [-0.2, 0) is 24.2 Å². The molecule has 0 unspecified atom stereocenters. The van der Waals surface area contributed by atoms with Crippen molar-refractivity contribution in [3.63, 3.8) is 0 Å². The van der Waals surface area contributed by atoms with Crippen molar-refractivity contribution in [2.24, 2.45) is 0 Å². The van der Waals surface area contributed by atoms with Crippen LogP contribution in [0.3, 0.4) is 0 Å². The summed E-state index contributed by atoms with van der Waals surface area (Å²) in [7, 11) is 0. The maximum atomic E-state index is 13.0. The predicted octanol–water partition coefficient (Wildman–Crippen LogP) is 6.62. The second-order valence-corrected chi connectivity index (χ2v) is 11.3. The highest BCUT2D eigenvalue weighted by atomic mass is 35.5. The number of carbonyl (C=O) groups is 2. The lowest BCUT2D eigenvalue weighted by atomic mass is 9.89. The molecule has 38 heavy (non-hydrogen) atoms. The molecule has 1 fully saturated rings. The number of ketones is 1. The van der Waals surface area contributed by atoms with Gasteiger partial charge in [0.1, 0.15) is 0 Å². The molecule has 4 nitrogen and oxygen atoms in total. The molecule has 2 heterocycles. The third-order valence-electron chi connectivity index (χ3n) is 8.20. The number of amides is 1. The van der Waals surface area contributed by atoms with Gasteiger partial charge in [0.2, 0.25) is 5.91 Å². The van der Waals surface area contributed by atoms with E-state index in [-0.39, 0.29) is 24.5 Å². The van der Waals surface area contributed by atoms with Gasteiger partial charge in [-0.3, -0.25) is 14.5 Å². The summed E-state index contributed by atoms with van der Waals surface area (Å²) in [6.45, 7) is 6.59.